The van der Waals surface area contributed by atoms with E-state index in [0.717, 1.165) is 19.4 Å². The molecule has 0 aliphatic heterocycles. The minimum atomic E-state index is -0.386. The van der Waals surface area contributed by atoms with Gasteiger partial charge >= 0.3 is 0 Å². The number of unbranched alkanes of at least 4 members (excludes halogenated alkanes) is 1. The number of nitrogens with zero attached hydrogens (tertiary/aromatic N) is 2. The molecule has 0 saturated carbocycles. The van der Waals surface area contributed by atoms with Crippen molar-refractivity contribution >= 4 is 38.9 Å². The van der Waals surface area contributed by atoms with E-state index >= 15 is 0 Å². The number of rotatable bonds is 6. The number of halogens is 2. The predicted molar refractivity (Wildman–Crippen MR) is 87.2 cm³/mol. The molecule has 1 aromatic carbocycles. The van der Waals surface area contributed by atoms with Crippen LogP contribution in [-0.4, -0.2) is 16.5 Å². The summed E-state index contributed by atoms with van der Waals surface area (Å²) in [6, 6.07) is 4.73. The van der Waals surface area contributed by atoms with E-state index in [2.05, 4.69) is 43.5 Å². The molecule has 112 valence electrons. The first kappa shape index (κ1) is 15.5. The topological polar surface area (TPSA) is 75.9 Å². The minimum Gasteiger partial charge on any atom is -0.393 e. The maximum atomic E-state index is 13.8. The SMILES string of the molecule is CCCCNc1ncnc(Nc2ccc(Br)cc2F)c1N. The summed E-state index contributed by atoms with van der Waals surface area (Å²) in [5, 5.41) is 6.03. The van der Waals surface area contributed by atoms with Crippen LogP contribution in [0.25, 0.3) is 0 Å². The van der Waals surface area contributed by atoms with Crippen LogP contribution in [0.2, 0.25) is 0 Å². The zero-order chi connectivity index (χ0) is 15.2. The van der Waals surface area contributed by atoms with E-state index in [-0.39, 0.29) is 5.82 Å². The second-order valence-electron chi connectivity index (χ2n) is 4.51. The van der Waals surface area contributed by atoms with Crippen molar-refractivity contribution in [2.24, 2.45) is 0 Å². The molecule has 0 amide bonds. The van der Waals surface area contributed by atoms with Gasteiger partial charge < -0.3 is 16.4 Å². The van der Waals surface area contributed by atoms with Crippen molar-refractivity contribution in [2.45, 2.75) is 19.8 Å². The predicted octanol–water partition coefficient (Wildman–Crippen LogP) is 3.92. The number of anilines is 4. The molecule has 1 aromatic heterocycles. The van der Waals surface area contributed by atoms with Crippen LogP contribution >= 0.6 is 15.9 Å². The second-order valence-corrected chi connectivity index (χ2v) is 5.43. The molecule has 2 rings (SSSR count). The number of nitrogen functional groups attached to an aromatic ring is 1. The highest BCUT2D eigenvalue weighted by molar-refractivity contribution is 9.10. The number of nitrogens with one attached hydrogen (secondary N) is 2. The number of aromatic nitrogens is 2. The molecule has 0 aliphatic carbocycles. The molecule has 0 fully saturated rings. The molecule has 0 spiro atoms. The fourth-order valence-electron chi connectivity index (χ4n) is 1.74. The Hall–Kier alpha value is -1.89. The third-order valence-corrected chi connectivity index (χ3v) is 3.38. The van der Waals surface area contributed by atoms with Gasteiger partial charge in [-0.1, -0.05) is 29.3 Å². The highest BCUT2D eigenvalue weighted by Crippen LogP contribution is 2.28. The summed E-state index contributed by atoms with van der Waals surface area (Å²) in [4.78, 5) is 8.16. The fraction of sp³-hybridized carbons (Fsp3) is 0.286. The summed E-state index contributed by atoms with van der Waals surface area (Å²) >= 11 is 3.21. The van der Waals surface area contributed by atoms with Gasteiger partial charge in [-0.2, -0.15) is 0 Å². The largest absolute Gasteiger partial charge is 0.393 e. The Labute approximate surface area is 131 Å². The molecule has 21 heavy (non-hydrogen) atoms. The van der Waals surface area contributed by atoms with Gasteiger partial charge in [0.05, 0.1) is 5.69 Å². The van der Waals surface area contributed by atoms with Gasteiger partial charge in [-0.15, -0.1) is 0 Å². The first-order chi connectivity index (χ1) is 10.1. The van der Waals surface area contributed by atoms with Crippen LogP contribution in [-0.2, 0) is 0 Å². The number of hydrogen-bond acceptors (Lipinski definition) is 5. The molecule has 4 N–H and O–H groups in total. The summed E-state index contributed by atoms with van der Waals surface area (Å²) in [5.41, 5.74) is 6.69. The van der Waals surface area contributed by atoms with E-state index < -0.39 is 0 Å². The molecule has 2 aromatic rings. The van der Waals surface area contributed by atoms with Gasteiger partial charge in [0.15, 0.2) is 11.6 Å². The van der Waals surface area contributed by atoms with Gasteiger partial charge in [-0.3, -0.25) is 0 Å². The number of hydrogen-bond donors (Lipinski definition) is 3. The average molecular weight is 354 g/mol. The van der Waals surface area contributed by atoms with Gasteiger partial charge in [-0.25, -0.2) is 14.4 Å². The molecule has 0 unspecified atom stereocenters. The Morgan fingerprint density at radius 3 is 2.76 bits per heavy atom. The van der Waals surface area contributed by atoms with Crippen LogP contribution in [0.5, 0.6) is 0 Å². The third kappa shape index (κ3) is 4.04. The monoisotopic (exact) mass is 353 g/mol. The van der Waals surface area contributed by atoms with E-state index in [9.17, 15) is 4.39 Å². The molecule has 0 radical (unpaired) electrons. The highest BCUT2D eigenvalue weighted by atomic mass is 79.9. The van der Waals surface area contributed by atoms with Crippen LogP contribution in [0.15, 0.2) is 29.0 Å². The van der Waals surface area contributed by atoms with Crippen molar-refractivity contribution < 1.29 is 4.39 Å². The van der Waals surface area contributed by atoms with E-state index in [1.165, 1.54) is 12.4 Å². The van der Waals surface area contributed by atoms with Gasteiger partial charge in [-0.05, 0) is 24.6 Å². The maximum absolute atomic E-state index is 13.8. The van der Waals surface area contributed by atoms with Crippen molar-refractivity contribution in [3.8, 4) is 0 Å². The van der Waals surface area contributed by atoms with Crippen molar-refractivity contribution in [1.29, 1.82) is 0 Å². The van der Waals surface area contributed by atoms with Crippen LogP contribution in [0.4, 0.5) is 27.4 Å². The number of nitrogens with two attached hydrogens (primary N) is 1. The van der Waals surface area contributed by atoms with Gasteiger partial charge in [0, 0.05) is 11.0 Å². The third-order valence-electron chi connectivity index (χ3n) is 2.89. The fourth-order valence-corrected chi connectivity index (χ4v) is 2.07. The molecule has 0 aliphatic rings. The Kier molecular flexibility index (Phi) is 5.32. The molecular formula is C14H17BrFN5. The van der Waals surface area contributed by atoms with Crippen LogP contribution in [0, 0.1) is 5.82 Å². The summed E-state index contributed by atoms with van der Waals surface area (Å²) in [7, 11) is 0. The van der Waals surface area contributed by atoms with E-state index in [1.54, 1.807) is 12.1 Å². The first-order valence-corrected chi connectivity index (χ1v) is 7.47. The Bertz CT molecular complexity index is 620. The van der Waals surface area contributed by atoms with Gasteiger partial charge in [0.25, 0.3) is 0 Å². The lowest BCUT2D eigenvalue weighted by Crippen LogP contribution is -2.09. The van der Waals surface area contributed by atoms with Crippen molar-refractivity contribution in [3.05, 3.63) is 34.8 Å². The number of benzene rings is 1. The quantitative estimate of drug-likeness (QED) is 0.686. The van der Waals surface area contributed by atoms with Gasteiger partial charge in [0.1, 0.15) is 17.8 Å². The minimum absolute atomic E-state index is 0.308. The molecule has 7 heteroatoms. The Morgan fingerprint density at radius 2 is 2.05 bits per heavy atom. The molecular weight excluding hydrogens is 337 g/mol. The lowest BCUT2D eigenvalue weighted by Gasteiger charge is -2.12. The van der Waals surface area contributed by atoms with Crippen LogP contribution in [0.3, 0.4) is 0 Å². The van der Waals surface area contributed by atoms with Gasteiger partial charge in [0.2, 0.25) is 0 Å². The molecule has 0 bridgehead atoms. The molecule has 5 nitrogen and oxygen atoms in total. The van der Waals surface area contributed by atoms with E-state index in [1.807, 2.05) is 0 Å². The average Bonchev–Trinajstić information content (AvgIpc) is 2.46. The Balaban J connectivity index is 2.18. The van der Waals surface area contributed by atoms with Crippen molar-refractivity contribution in [2.75, 3.05) is 22.9 Å². The summed E-state index contributed by atoms with van der Waals surface area (Å²) in [6.45, 7) is 2.89. The smallest absolute Gasteiger partial charge is 0.159 e. The summed E-state index contributed by atoms with van der Waals surface area (Å²) in [6.07, 6.45) is 3.49. The summed E-state index contributed by atoms with van der Waals surface area (Å²) < 4.78 is 14.5. The first-order valence-electron chi connectivity index (χ1n) is 6.68. The molecule has 1 heterocycles. The van der Waals surface area contributed by atoms with E-state index in [0.29, 0.717) is 27.5 Å². The zero-order valence-electron chi connectivity index (χ0n) is 11.7. The van der Waals surface area contributed by atoms with E-state index in [4.69, 9.17) is 5.73 Å². The second kappa shape index (κ2) is 7.21. The Morgan fingerprint density at radius 1 is 1.29 bits per heavy atom. The normalized spacial score (nSPS) is 10.4. The lowest BCUT2D eigenvalue weighted by molar-refractivity contribution is 0.631. The van der Waals surface area contributed by atoms with Crippen LogP contribution in [0.1, 0.15) is 19.8 Å². The van der Waals surface area contributed by atoms with Crippen molar-refractivity contribution in [1.82, 2.24) is 9.97 Å². The summed E-state index contributed by atoms with van der Waals surface area (Å²) in [5.74, 6) is 0.548. The molecule has 0 atom stereocenters. The lowest BCUT2D eigenvalue weighted by atomic mass is 10.3. The van der Waals surface area contributed by atoms with Crippen molar-refractivity contribution in [3.63, 3.8) is 0 Å². The molecule has 0 saturated heterocycles. The maximum Gasteiger partial charge on any atom is 0.159 e. The standard InChI is InChI=1S/C14H17BrFN5/c1-2-3-6-18-13-12(17)14(20-8-19-13)21-11-5-4-9(15)7-10(11)16/h4-5,7-8H,2-3,6,17H2,1H3,(H2,18,19,20,21). The zero-order valence-corrected chi connectivity index (χ0v) is 13.2. The highest BCUT2D eigenvalue weighted by Gasteiger charge is 2.10. The van der Waals surface area contributed by atoms with Crippen LogP contribution < -0.4 is 16.4 Å².